The summed E-state index contributed by atoms with van der Waals surface area (Å²) in [6.07, 6.45) is 1.05. The maximum atomic E-state index is 12.0. The first-order valence-electron chi connectivity index (χ1n) is 8.52. The van der Waals surface area contributed by atoms with E-state index in [0.29, 0.717) is 17.1 Å². The van der Waals surface area contributed by atoms with E-state index in [1.54, 1.807) is 24.3 Å². The Bertz CT molecular complexity index is 1150. The van der Waals surface area contributed by atoms with E-state index in [-0.39, 0.29) is 28.3 Å². The monoisotopic (exact) mass is 427 g/mol. The molecule has 0 saturated heterocycles. The first kappa shape index (κ1) is 20.7. The van der Waals surface area contributed by atoms with Crippen LogP contribution in [0.2, 0.25) is 5.02 Å². The third-order valence-electron chi connectivity index (χ3n) is 4.03. The summed E-state index contributed by atoms with van der Waals surface area (Å²) < 4.78 is 5.57. The molecular weight excluding hydrogens is 414 g/mol. The molecule has 0 saturated carbocycles. The summed E-state index contributed by atoms with van der Waals surface area (Å²) in [5.74, 6) is -0.989. The Morgan fingerprint density at radius 3 is 2.70 bits per heavy atom. The number of nitro benzene ring substituents is 1. The number of benzene rings is 2. The number of hydrogen-bond donors (Lipinski definition) is 2. The van der Waals surface area contributed by atoms with Crippen LogP contribution in [-0.2, 0) is 11.2 Å². The molecule has 0 unspecified atom stereocenters. The summed E-state index contributed by atoms with van der Waals surface area (Å²) in [6, 6.07) is 13.6. The van der Waals surface area contributed by atoms with Gasteiger partial charge in [0.25, 0.3) is 5.69 Å². The molecule has 1 aromatic heterocycles. The third kappa shape index (κ3) is 4.89. The van der Waals surface area contributed by atoms with Crippen LogP contribution in [0.4, 0.5) is 5.69 Å². The maximum absolute atomic E-state index is 12.0. The van der Waals surface area contributed by atoms with E-state index in [1.165, 1.54) is 36.5 Å². The Morgan fingerprint density at radius 1 is 1.20 bits per heavy atom. The van der Waals surface area contributed by atoms with Gasteiger partial charge in [0.1, 0.15) is 11.5 Å². The van der Waals surface area contributed by atoms with Crippen molar-refractivity contribution in [2.45, 2.75) is 6.42 Å². The predicted molar refractivity (Wildman–Crippen MR) is 109 cm³/mol. The second kappa shape index (κ2) is 9.01. The zero-order chi connectivity index (χ0) is 21.7. The largest absolute Gasteiger partial charge is 0.478 e. The fraction of sp³-hybridized carbons (Fsp3) is 0.0500. The SMILES string of the molecule is O=C(Cc1ccccc1[N+](=O)[O-])NN=Cc1ccc(-c2ccc(Cl)c(C(=O)O)c2)o1. The summed E-state index contributed by atoms with van der Waals surface area (Å²) in [6.45, 7) is 0. The zero-order valence-electron chi connectivity index (χ0n) is 15.2. The highest BCUT2D eigenvalue weighted by atomic mass is 35.5. The van der Waals surface area contributed by atoms with E-state index in [2.05, 4.69) is 10.5 Å². The van der Waals surface area contributed by atoms with E-state index in [1.807, 2.05) is 0 Å². The maximum Gasteiger partial charge on any atom is 0.337 e. The van der Waals surface area contributed by atoms with Crippen LogP contribution in [-0.4, -0.2) is 28.1 Å². The lowest BCUT2D eigenvalue weighted by molar-refractivity contribution is -0.385. The van der Waals surface area contributed by atoms with Crippen LogP contribution >= 0.6 is 11.6 Å². The fourth-order valence-corrected chi connectivity index (χ4v) is 2.84. The van der Waals surface area contributed by atoms with Crippen LogP contribution in [0, 0.1) is 10.1 Å². The van der Waals surface area contributed by atoms with Crippen LogP contribution in [0.3, 0.4) is 0 Å². The molecule has 0 bridgehead atoms. The average Bonchev–Trinajstić information content (AvgIpc) is 3.17. The minimum atomic E-state index is -1.16. The summed E-state index contributed by atoms with van der Waals surface area (Å²) in [7, 11) is 0. The van der Waals surface area contributed by atoms with Gasteiger partial charge in [-0.15, -0.1) is 0 Å². The van der Waals surface area contributed by atoms with Gasteiger partial charge in [0, 0.05) is 17.2 Å². The van der Waals surface area contributed by atoms with Gasteiger partial charge < -0.3 is 9.52 Å². The molecule has 0 aliphatic carbocycles. The molecule has 0 spiro atoms. The van der Waals surface area contributed by atoms with Crippen molar-refractivity contribution in [3.63, 3.8) is 0 Å². The first-order valence-corrected chi connectivity index (χ1v) is 8.90. The smallest absolute Gasteiger partial charge is 0.337 e. The number of rotatable bonds is 7. The number of carbonyl (C=O) groups is 2. The molecule has 152 valence electrons. The fourth-order valence-electron chi connectivity index (χ4n) is 2.64. The van der Waals surface area contributed by atoms with Crippen LogP contribution in [0.25, 0.3) is 11.3 Å². The van der Waals surface area contributed by atoms with E-state index in [4.69, 9.17) is 21.1 Å². The van der Waals surface area contributed by atoms with E-state index in [9.17, 15) is 19.7 Å². The lowest BCUT2D eigenvalue weighted by Crippen LogP contribution is -2.20. The number of nitrogens with one attached hydrogen (secondary N) is 1. The standard InChI is InChI=1S/C20H14ClN3O6/c21-16-7-5-13(9-15(16)20(26)27)18-8-6-14(30-18)11-22-23-19(25)10-12-3-1-2-4-17(12)24(28)29/h1-9,11H,10H2,(H,23,25)(H,26,27). The second-order valence-electron chi connectivity index (χ2n) is 6.06. The molecule has 0 atom stereocenters. The second-order valence-corrected chi connectivity index (χ2v) is 6.46. The van der Waals surface area contributed by atoms with Crippen molar-refractivity contribution in [2.75, 3.05) is 0 Å². The molecule has 30 heavy (non-hydrogen) atoms. The van der Waals surface area contributed by atoms with Crippen molar-refractivity contribution in [1.82, 2.24) is 5.43 Å². The number of nitro groups is 1. The van der Waals surface area contributed by atoms with Gasteiger partial charge in [-0.1, -0.05) is 29.8 Å². The summed E-state index contributed by atoms with van der Waals surface area (Å²) in [5, 5.41) is 24.0. The molecular formula is C20H14ClN3O6. The zero-order valence-corrected chi connectivity index (χ0v) is 16.0. The number of hydrogen-bond acceptors (Lipinski definition) is 6. The van der Waals surface area contributed by atoms with Gasteiger partial charge >= 0.3 is 5.97 Å². The average molecular weight is 428 g/mol. The van der Waals surface area contributed by atoms with Crippen LogP contribution in [0.5, 0.6) is 0 Å². The van der Waals surface area contributed by atoms with Crippen LogP contribution in [0.15, 0.2) is 64.1 Å². The van der Waals surface area contributed by atoms with Gasteiger partial charge in [0.05, 0.1) is 28.1 Å². The Morgan fingerprint density at radius 2 is 1.97 bits per heavy atom. The van der Waals surface area contributed by atoms with Crippen molar-refractivity contribution in [1.29, 1.82) is 0 Å². The Hall–Kier alpha value is -3.98. The minimum Gasteiger partial charge on any atom is -0.478 e. The van der Waals surface area contributed by atoms with E-state index in [0.717, 1.165) is 0 Å². The van der Waals surface area contributed by atoms with Crippen molar-refractivity contribution in [3.8, 4) is 11.3 Å². The molecule has 10 heteroatoms. The molecule has 1 heterocycles. The quantitative estimate of drug-likeness (QED) is 0.333. The highest BCUT2D eigenvalue weighted by Crippen LogP contribution is 2.26. The van der Waals surface area contributed by atoms with Crippen molar-refractivity contribution in [3.05, 3.63) is 86.6 Å². The lowest BCUT2D eigenvalue weighted by Gasteiger charge is -2.02. The third-order valence-corrected chi connectivity index (χ3v) is 4.36. The number of hydrazone groups is 1. The van der Waals surface area contributed by atoms with Gasteiger partial charge in [-0.3, -0.25) is 14.9 Å². The lowest BCUT2D eigenvalue weighted by atomic mass is 10.1. The van der Waals surface area contributed by atoms with Gasteiger partial charge in [-0.2, -0.15) is 5.10 Å². The first-order chi connectivity index (χ1) is 14.3. The normalized spacial score (nSPS) is 10.8. The van der Waals surface area contributed by atoms with Crippen molar-refractivity contribution in [2.24, 2.45) is 5.10 Å². The molecule has 0 radical (unpaired) electrons. The number of carboxylic acid groups (broad SMARTS) is 1. The molecule has 2 aromatic carbocycles. The van der Waals surface area contributed by atoms with Crippen LogP contribution in [0.1, 0.15) is 21.7 Å². The van der Waals surface area contributed by atoms with Crippen molar-refractivity contribution >= 4 is 35.4 Å². The predicted octanol–water partition coefficient (Wildman–Crippen LogP) is 3.90. The number of aromatic carboxylic acids is 1. The van der Waals surface area contributed by atoms with Gasteiger partial charge in [-0.25, -0.2) is 10.2 Å². The summed E-state index contributed by atoms with van der Waals surface area (Å²) >= 11 is 5.86. The number of carbonyl (C=O) groups excluding carboxylic acids is 1. The highest BCUT2D eigenvalue weighted by Gasteiger charge is 2.15. The number of halogens is 1. The topological polar surface area (TPSA) is 135 Å². The Labute approximate surface area is 174 Å². The van der Waals surface area contributed by atoms with Gasteiger partial charge in [0.2, 0.25) is 5.91 Å². The minimum absolute atomic E-state index is 0.0527. The molecule has 0 aliphatic heterocycles. The van der Waals surface area contributed by atoms with Gasteiger partial charge in [-0.05, 0) is 30.3 Å². The molecule has 1 amide bonds. The summed E-state index contributed by atoms with van der Waals surface area (Å²) in [5.41, 5.74) is 2.87. The molecule has 3 rings (SSSR count). The molecule has 0 aliphatic rings. The number of carboxylic acids is 1. The van der Waals surface area contributed by atoms with Crippen LogP contribution < -0.4 is 5.43 Å². The molecule has 9 nitrogen and oxygen atoms in total. The molecule has 0 fully saturated rings. The number of nitrogens with zero attached hydrogens (tertiary/aromatic N) is 2. The highest BCUT2D eigenvalue weighted by molar-refractivity contribution is 6.33. The van der Waals surface area contributed by atoms with E-state index < -0.39 is 16.8 Å². The summed E-state index contributed by atoms with van der Waals surface area (Å²) in [4.78, 5) is 33.6. The van der Waals surface area contributed by atoms with Gasteiger partial charge in [0.15, 0.2) is 0 Å². The number of furan rings is 1. The Balaban J connectivity index is 1.65. The van der Waals surface area contributed by atoms with E-state index >= 15 is 0 Å². The molecule has 3 aromatic rings. The number of amides is 1. The van der Waals surface area contributed by atoms with Crippen molar-refractivity contribution < 1.29 is 24.0 Å². The molecule has 2 N–H and O–H groups in total. The number of para-hydroxylation sites is 1. The Kier molecular flexibility index (Phi) is 6.23.